The van der Waals surface area contributed by atoms with Gasteiger partial charge in [-0.15, -0.1) is 0 Å². The molecule has 112 valence electrons. The van der Waals surface area contributed by atoms with Crippen molar-refractivity contribution in [3.63, 3.8) is 0 Å². The molecule has 0 fully saturated rings. The second-order valence-corrected chi connectivity index (χ2v) is 7.81. The fourth-order valence-corrected chi connectivity index (χ4v) is 3.71. The van der Waals surface area contributed by atoms with Gasteiger partial charge in [0.2, 0.25) is 10.0 Å². The number of rotatable bonds is 5. The molecule has 0 aromatic heterocycles. The first-order chi connectivity index (χ1) is 9.92. The van der Waals surface area contributed by atoms with Crippen LogP contribution < -0.4 is 9.46 Å². The molecule has 2 rings (SSSR count). The van der Waals surface area contributed by atoms with Crippen molar-refractivity contribution in [2.45, 2.75) is 11.4 Å². The standard InChI is InChI=1S/C14H13Br2NO3S/c1-20-13-7-6-12(16)8-14(13)21(18,19)17-9-10-2-4-11(15)5-3-10/h2-8,17H,9H2,1H3. The van der Waals surface area contributed by atoms with Gasteiger partial charge in [-0.1, -0.05) is 44.0 Å². The van der Waals surface area contributed by atoms with Crippen molar-refractivity contribution in [2.24, 2.45) is 0 Å². The summed E-state index contributed by atoms with van der Waals surface area (Å²) in [6.45, 7) is 0.214. The van der Waals surface area contributed by atoms with E-state index in [0.29, 0.717) is 10.2 Å². The number of benzene rings is 2. The van der Waals surface area contributed by atoms with Gasteiger partial charge in [0.1, 0.15) is 10.6 Å². The van der Waals surface area contributed by atoms with Gasteiger partial charge >= 0.3 is 0 Å². The molecule has 0 bridgehead atoms. The molecule has 0 unspecified atom stereocenters. The molecule has 0 aliphatic heterocycles. The first-order valence-electron chi connectivity index (χ1n) is 6.00. The van der Waals surface area contributed by atoms with Crippen molar-refractivity contribution in [1.29, 1.82) is 0 Å². The van der Waals surface area contributed by atoms with Gasteiger partial charge in [0, 0.05) is 15.5 Å². The van der Waals surface area contributed by atoms with Crippen LogP contribution in [-0.2, 0) is 16.6 Å². The molecule has 0 aliphatic rings. The van der Waals surface area contributed by atoms with Crippen LogP contribution in [0.4, 0.5) is 0 Å². The number of halogens is 2. The highest BCUT2D eigenvalue weighted by Crippen LogP contribution is 2.27. The van der Waals surface area contributed by atoms with E-state index in [0.717, 1.165) is 10.0 Å². The summed E-state index contributed by atoms with van der Waals surface area (Å²) >= 11 is 6.61. The van der Waals surface area contributed by atoms with Crippen molar-refractivity contribution >= 4 is 41.9 Å². The molecule has 21 heavy (non-hydrogen) atoms. The number of hydrogen-bond donors (Lipinski definition) is 1. The summed E-state index contributed by atoms with van der Waals surface area (Å²) in [6.07, 6.45) is 0. The Morgan fingerprint density at radius 1 is 1.05 bits per heavy atom. The van der Waals surface area contributed by atoms with Crippen molar-refractivity contribution in [1.82, 2.24) is 4.72 Å². The third kappa shape index (κ3) is 4.29. The van der Waals surface area contributed by atoms with E-state index in [-0.39, 0.29) is 11.4 Å². The third-order valence-corrected chi connectivity index (χ3v) is 5.24. The lowest BCUT2D eigenvalue weighted by atomic mass is 10.2. The normalized spacial score (nSPS) is 11.4. The lowest BCUT2D eigenvalue weighted by Gasteiger charge is -2.11. The molecule has 0 amide bonds. The second-order valence-electron chi connectivity index (χ2n) is 4.25. The first kappa shape index (κ1) is 16.5. The lowest BCUT2D eigenvalue weighted by Crippen LogP contribution is -2.23. The summed E-state index contributed by atoms with van der Waals surface area (Å²) in [7, 11) is -2.21. The van der Waals surface area contributed by atoms with E-state index in [2.05, 4.69) is 36.6 Å². The smallest absolute Gasteiger partial charge is 0.244 e. The molecule has 0 spiro atoms. The first-order valence-corrected chi connectivity index (χ1v) is 9.07. The number of nitrogens with one attached hydrogen (secondary N) is 1. The van der Waals surface area contributed by atoms with Crippen LogP contribution in [0.2, 0.25) is 0 Å². The summed E-state index contributed by atoms with van der Waals surface area (Å²) in [5.74, 6) is 0.307. The predicted octanol–water partition coefficient (Wildman–Crippen LogP) is 3.70. The van der Waals surface area contributed by atoms with E-state index in [1.54, 1.807) is 12.1 Å². The Bertz CT molecular complexity index is 730. The molecule has 0 saturated heterocycles. The van der Waals surface area contributed by atoms with Gasteiger partial charge in [-0.2, -0.15) is 0 Å². The lowest BCUT2D eigenvalue weighted by molar-refractivity contribution is 0.402. The van der Waals surface area contributed by atoms with Crippen LogP contribution in [0.15, 0.2) is 56.3 Å². The Labute approximate surface area is 140 Å². The van der Waals surface area contributed by atoms with Crippen molar-refractivity contribution in [2.75, 3.05) is 7.11 Å². The maximum Gasteiger partial charge on any atom is 0.244 e. The summed E-state index contributed by atoms with van der Waals surface area (Å²) in [5.41, 5.74) is 0.871. The van der Waals surface area contributed by atoms with Gasteiger partial charge in [0.05, 0.1) is 7.11 Å². The number of sulfonamides is 1. The third-order valence-electron chi connectivity index (χ3n) is 2.79. The zero-order valence-electron chi connectivity index (χ0n) is 11.1. The van der Waals surface area contributed by atoms with Gasteiger partial charge in [-0.05, 0) is 35.9 Å². The van der Waals surface area contributed by atoms with Gasteiger partial charge < -0.3 is 4.74 Å². The average Bonchev–Trinajstić information content (AvgIpc) is 2.47. The Morgan fingerprint density at radius 3 is 2.29 bits per heavy atom. The quantitative estimate of drug-likeness (QED) is 0.780. The highest BCUT2D eigenvalue weighted by molar-refractivity contribution is 9.10. The Morgan fingerprint density at radius 2 is 1.67 bits per heavy atom. The van der Waals surface area contributed by atoms with Gasteiger partial charge in [-0.3, -0.25) is 0 Å². The molecule has 2 aromatic carbocycles. The Kier molecular flexibility index (Phi) is 5.43. The minimum Gasteiger partial charge on any atom is -0.495 e. The van der Waals surface area contributed by atoms with Crippen LogP contribution in [0, 0.1) is 0 Å². The Balaban J connectivity index is 2.22. The molecule has 2 aromatic rings. The SMILES string of the molecule is COc1ccc(Br)cc1S(=O)(=O)NCc1ccc(Br)cc1. The zero-order valence-corrected chi connectivity index (χ0v) is 15.1. The number of methoxy groups -OCH3 is 1. The van der Waals surface area contributed by atoms with E-state index in [4.69, 9.17) is 4.74 Å². The monoisotopic (exact) mass is 433 g/mol. The summed E-state index contributed by atoms with van der Waals surface area (Å²) in [5, 5.41) is 0. The number of ether oxygens (including phenoxy) is 1. The molecular weight excluding hydrogens is 422 g/mol. The highest BCUT2D eigenvalue weighted by atomic mass is 79.9. The summed E-state index contributed by atoms with van der Waals surface area (Å²) < 4.78 is 34.1. The van der Waals surface area contributed by atoms with E-state index in [9.17, 15) is 8.42 Å². The van der Waals surface area contributed by atoms with E-state index < -0.39 is 10.0 Å². The second kappa shape index (κ2) is 6.91. The van der Waals surface area contributed by atoms with Gasteiger partial charge in [-0.25, -0.2) is 13.1 Å². The van der Waals surface area contributed by atoms with Crippen molar-refractivity contribution < 1.29 is 13.2 Å². The molecule has 4 nitrogen and oxygen atoms in total. The minimum absolute atomic E-state index is 0.108. The van der Waals surface area contributed by atoms with Crippen LogP contribution >= 0.6 is 31.9 Å². The van der Waals surface area contributed by atoms with Crippen molar-refractivity contribution in [3.05, 3.63) is 57.0 Å². The average molecular weight is 435 g/mol. The molecule has 0 atom stereocenters. The van der Waals surface area contributed by atoms with Crippen molar-refractivity contribution in [3.8, 4) is 5.75 Å². The van der Waals surface area contributed by atoms with Crippen LogP contribution in [0.5, 0.6) is 5.75 Å². The molecule has 0 aliphatic carbocycles. The molecule has 1 N–H and O–H groups in total. The maximum absolute atomic E-state index is 12.4. The minimum atomic E-state index is -3.65. The summed E-state index contributed by atoms with van der Waals surface area (Å²) in [6, 6.07) is 12.3. The van der Waals surface area contributed by atoms with Crippen LogP contribution in [0.25, 0.3) is 0 Å². The predicted molar refractivity (Wildman–Crippen MR) is 88.9 cm³/mol. The largest absolute Gasteiger partial charge is 0.495 e. The fourth-order valence-electron chi connectivity index (χ4n) is 1.72. The molecule has 7 heteroatoms. The maximum atomic E-state index is 12.4. The van der Waals surface area contributed by atoms with E-state index >= 15 is 0 Å². The fraction of sp³-hybridized carbons (Fsp3) is 0.143. The molecule has 0 radical (unpaired) electrons. The van der Waals surface area contributed by atoms with Gasteiger partial charge in [0.15, 0.2) is 0 Å². The van der Waals surface area contributed by atoms with Crippen LogP contribution in [0.1, 0.15) is 5.56 Å². The molecule has 0 heterocycles. The van der Waals surface area contributed by atoms with E-state index in [1.807, 2.05) is 24.3 Å². The Hall–Kier alpha value is -0.890. The topological polar surface area (TPSA) is 55.4 Å². The zero-order chi connectivity index (χ0) is 15.5. The van der Waals surface area contributed by atoms with E-state index in [1.165, 1.54) is 13.2 Å². The molecular formula is C14H13Br2NO3S. The molecule has 0 saturated carbocycles. The van der Waals surface area contributed by atoms with Crippen LogP contribution in [-0.4, -0.2) is 15.5 Å². The van der Waals surface area contributed by atoms with Crippen LogP contribution in [0.3, 0.4) is 0 Å². The number of hydrogen-bond acceptors (Lipinski definition) is 3. The van der Waals surface area contributed by atoms with Gasteiger partial charge in [0.25, 0.3) is 0 Å². The highest BCUT2D eigenvalue weighted by Gasteiger charge is 2.19. The summed E-state index contributed by atoms with van der Waals surface area (Å²) in [4.78, 5) is 0.108.